The van der Waals surface area contributed by atoms with Crippen molar-refractivity contribution in [2.75, 3.05) is 6.61 Å². The summed E-state index contributed by atoms with van der Waals surface area (Å²) in [6, 6.07) is 7.71. The molecule has 0 radical (unpaired) electrons. The zero-order valence-electron chi connectivity index (χ0n) is 14.7. The zero-order valence-corrected chi connectivity index (χ0v) is 15.5. The maximum absolute atomic E-state index is 11.4. The number of nitrogens with zero attached hydrogens (tertiary/aromatic N) is 2. The molecule has 6 heteroatoms. The molecule has 0 unspecified atom stereocenters. The van der Waals surface area contributed by atoms with Crippen molar-refractivity contribution in [3.63, 3.8) is 0 Å². The van der Waals surface area contributed by atoms with Gasteiger partial charge in [0.05, 0.1) is 24.4 Å². The molecule has 0 atom stereocenters. The summed E-state index contributed by atoms with van der Waals surface area (Å²) in [6.45, 7) is 6.89. The lowest BCUT2D eigenvalue weighted by molar-refractivity contribution is -0.136. The van der Waals surface area contributed by atoms with E-state index in [9.17, 15) is 9.90 Å². The van der Waals surface area contributed by atoms with Crippen LogP contribution in [-0.4, -0.2) is 27.1 Å². The van der Waals surface area contributed by atoms with Gasteiger partial charge in [0.2, 0.25) is 0 Å². The molecule has 0 spiro atoms. The number of rotatable bonds is 7. The third-order valence-electron chi connectivity index (χ3n) is 4.12. The van der Waals surface area contributed by atoms with Crippen molar-refractivity contribution in [1.29, 1.82) is 0 Å². The molecule has 0 fully saturated rings. The number of hydrogen-bond acceptors (Lipinski definition) is 4. The third-order valence-corrected chi connectivity index (χ3v) is 5.12. The summed E-state index contributed by atoms with van der Waals surface area (Å²) in [5.41, 5.74) is 3.53. The molecule has 0 aliphatic rings. The van der Waals surface area contributed by atoms with E-state index in [4.69, 9.17) is 9.72 Å². The largest absolute Gasteiger partial charge is 0.494 e. The van der Waals surface area contributed by atoms with Gasteiger partial charge in [-0.2, -0.15) is 0 Å². The lowest BCUT2D eigenvalue weighted by Gasteiger charge is -2.07. The van der Waals surface area contributed by atoms with Crippen LogP contribution in [0.15, 0.2) is 24.3 Å². The normalized spacial score (nSPS) is 11.2. The van der Waals surface area contributed by atoms with Crippen LogP contribution in [0.25, 0.3) is 16.2 Å². The van der Waals surface area contributed by atoms with E-state index < -0.39 is 5.97 Å². The molecule has 0 saturated heterocycles. The molecule has 0 amide bonds. The number of fused-ring (bicyclic) bond motifs is 1. The standard InChI is InChI=1S/C19H22N2O3S/c1-4-10-24-14-8-6-13(7-9-14)18-16(11-17(22)23)21-15(5-2)12(3)25-19(21)20-18/h6-9H,4-5,10-11H2,1-3H3,(H,22,23). The minimum Gasteiger partial charge on any atom is -0.494 e. The number of carboxylic acids is 1. The predicted molar refractivity (Wildman–Crippen MR) is 99.7 cm³/mol. The van der Waals surface area contributed by atoms with E-state index in [1.165, 1.54) is 4.88 Å². The average Bonchev–Trinajstić information content (AvgIpc) is 3.08. The summed E-state index contributed by atoms with van der Waals surface area (Å²) < 4.78 is 7.64. The van der Waals surface area contributed by atoms with Gasteiger partial charge in [-0.05, 0) is 44.0 Å². The second-order valence-corrected chi connectivity index (χ2v) is 7.11. The van der Waals surface area contributed by atoms with Crippen LogP contribution in [-0.2, 0) is 17.6 Å². The summed E-state index contributed by atoms with van der Waals surface area (Å²) >= 11 is 1.61. The van der Waals surface area contributed by atoms with Crippen LogP contribution in [0.4, 0.5) is 0 Å². The van der Waals surface area contributed by atoms with Crippen molar-refractivity contribution in [3.05, 3.63) is 40.5 Å². The Hall–Kier alpha value is -2.34. The van der Waals surface area contributed by atoms with Crippen molar-refractivity contribution in [2.24, 2.45) is 0 Å². The lowest BCUT2D eigenvalue weighted by atomic mass is 10.1. The molecule has 1 N–H and O–H groups in total. The summed E-state index contributed by atoms with van der Waals surface area (Å²) in [7, 11) is 0. The van der Waals surface area contributed by atoms with Gasteiger partial charge in [0.1, 0.15) is 5.75 Å². The van der Waals surface area contributed by atoms with E-state index >= 15 is 0 Å². The number of aliphatic carboxylic acids is 1. The Kier molecular flexibility index (Phi) is 5.08. The summed E-state index contributed by atoms with van der Waals surface area (Å²) in [5, 5.41) is 9.37. The van der Waals surface area contributed by atoms with Gasteiger partial charge in [0.25, 0.3) is 0 Å². The highest BCUT2D eigenvalue weighted by Gasteiger charge is 2.21. The first-order valence-corrected chi connectivity index (χ1v) is 9.31. The molecular weight excluding hydrogens is 336 g/mol. The van der Waals surface area contributed by atoms with E-state index in [2.05, 4.69) is 20.8 Å². The Balaban J connectivity index is 2.08. The van der Waals surface area contributed by atoms with Gasteiger partial charge in [-0.3, -0.25) is 9.20 Å². The number of imidazole rings is 1. The Morgan fingerprint density at radius 3 is 2.56 bits per heavy atom. The van der Waals surface area contributed by atoms with Crippen molar-refractivity contribution in [2.45, 2.75) is 40.0 Å². The van der Waals surface area contributed by atoms with E-state index in [0.717, 1.165) is 46.2 Å². The quantitative estimate of drug-likeness (QED) is 0.682. The summed E-state index contributed by atoms with van der Waals surface area (Å²) in [5.74, 6) is -0.0339. The number of hydrogen-bond donors (Lipinski definition) is 1. The van der Waals surface area contributed by atoms with Crippen molar-refractivity contribution in [1.82, 2.24) is 9.38 Å². The molecule has 0 saturated carbocycles. The topological polar surface area (TPSA) is 63.8 Å². The Morgan fingerprint density at radius 1 is 1.24 bits per heavy atom. The molecular formula is C19H22N2O3S. The van der Waals surface area contributed by atoms with Crippen LogP contribution in [0.2, 0.25) is 0 Å². The number of thiazole rings is 1. The van der Waals surface area contributed by atoms with Crippen LogP contribution in [0, 0.1) is 6.92 Å². The van der Waals surface area contributed by atoms with Crippen molar-refractivity contribution >= 4 is 22.3 Å². The Bertz CT molecular complexity index is 894. The van der Waals surface area contributed by atoms with Crippen LogP contribution in [0.5, 0.6) is 5.75 Å². The molecule has 0 aliphatic carbocycles. The number of aryl methyl sites for hydroxylation is 2. The fourth-order valence-electron chi connectivity index (χ4n) is 3.00. The van der Waals surface area contributed by atoms with Gasteiger partial charge < -0.3 is 9.84 Å². The maximum atomic E-state index is 11.4. The highest BCUT2D eigenvalue weighted by molar-refractivity contribution is 7.17. The van der Waals surface area contributed by atoms with Gasteiger partial charge in [-0.1, -0.05) is 13.8 Å². The number of ether oxygens (including phenoxy) is 1. The van der Waals surface area contributed by atoms with E-state index in [1.54, 1.807) is 11.3 Å². The maximum Gasteiger partial charge on any atom is 0.309 e. The minimum atomic E-state index is -0.850. The van der Waals surface area contributed by atoms with Gasteiger partial charge in [0, 0.05) is 16.1 Å². The summed E-state index contributed by atoms with van der Waals surface area (Å²) in [6.07, 6.45) is 1.76. The number of benzene rings is 1. The molecule has 0 aliphatic heterocycles. The monoisotopic (exact) mass is 358 g/mol. The van der Waals surface area contributed by atoms with E-state index in [0.29, 0.717) is 6.61 Å². The molecule has 2 heterocycles. The highest BCUT2D eigenvalue weighted by Crippen LogP contribution is 2.32. The molecule has 1 aromatic carbocycles. The van der Waals surface area contributed by atoms with Gasteiger partial charge in [0.15, 0.2) is 4.96 Å². The molecule has 0 bridgehead atoms. The minimum absolute atomic E-state index is 0.0479. The molecule has 3 aromatic rings. The van der Waals surface area contributed by atoms with E-state index in [-0.39, 0.29) is 6.42 Å². The SMILES string of the molecule is CCCOc1ccc(-c2nc3sc(C)c(CC)n3c2CC(=O)O)cc1. The number of aromatic nitrogens is 2. The first-order valence-electron chi connectivity index (χ1n) is 8.49. The highest BCUT2D eigenvalue weighted by atomic mass is 32.1. The fraction of sp³-hybridized carbons (Fsp3) is 0.368. The van der Waals surface area contributed by atoms with Crippen LogP contribution in [0.1, 0.15) is 36.5 Å². The van der Waals surface area contributed by atoms with Crippen LogP contribution >= 0.6 is 11.3 Å². The Labute approximate surface area is 150 Å². The smallest absolute Gasteiger partial charge is 0.309 e. The van der Waals surface area contributed by atoms with Crippen molar-refractivity contribution < 1.29 is 14.6 Å². The second kappa shape index (κ2) is 7.27. The van der Waals surface area contributed by atoms with Gasteiger partial charge in [-0.25, -0.2) is 4.98 Å². The molecule has 5 nitrogen and oxygen atoms in total. The fourth-order valence-corrected chi connectivity index (χ4v) is 4.08. The van der Waals surface area contributed by atoms with Gasteiger partial charge >= 0.3 is 5.97 Å². The molecule has 2 aromatic heterocycles. The first kappa shape index (κ1) is 17.5. The molecule has 132 valence electrons. The van der Waals surface area contributed by atoms with E-state index in [1.807, 2.05) is 28.7 Å². The second-order valence-electron chi connectivity index (χ2n) is 5.93. The predicted octanol–water partition coefficient (Wildman–Crippen LogP) is 4.35. The lowest BCUT2D eigenvalue weighted by Crippen LogP contribution is -2.06. The Morgan fingerprint density at radius 2 is 1.96 bits per heavy atom. The first-order chi connectivity index (χ1) is 12.0. The number of carboxylic acid groups (broad SMARTS) is 1. The molecule has 25 heavy (non-hydrogen) atoms. The zero-order chi connectivity index (χ0) is 18.0. The average molecular weight is 358 g/mol. The van der Waals surface area contributed by atoms with Crippen LogP contribution < -0.4 is 4.74 Å². The molecule has 3 rings (SSSR count). The third kappa shape index (κ3) is 3.39. The van der Waals surface area contributed by atoms with Crippen LogP contribution in [0.3, 0.4) is 0 Å². The van der Waals surface area contributed by atoms with Crippen molar-refractivity contribution in [3.8, 4) is 17.0 Å². The number of carbonyl (C=O) groups is 1. The summed E-state index contributed by atoms with van der Waals surface area (Å²) in [4.78, 5) is 18.2. The van der Waals surface area contributed by atoms with Gasteiger partial charge in [-0.15, -0.1) is 11.3 Å².